The van der Waals surface area contributed by atoms with Gasteiger partial charge in [-0.3, -0.25) is 0 Å². The zero-order valence-corrected chi connectivity index (χ0v) is 24.4. The van der Waals surface area contributed by atoms with Crippen molar-refractivity contribution in [3.8, 4) is 33.8 Å². The van der Waals surface area contributed by atoms with E-state index in [1.807, 2.05) is 24.3 Å². The number of hydrogen-bond donors (Lipinski definition) is 2. The van der Waals surface area contributed by atoms with Crippen molar-refractivity contribution in [2.24, 2.45) is 0 Å². The molecule has 0 aromatic heterocycles. The maximum atomic E-state index is 9.64. The molecule has 2 N–H and O–H groups in total. The largest absolute Gasteiger partial charge is 0.491 e. The first-order chi connectivity index (χ1) is 21.2. The van der Waals surface area contributed by atoms with Gasteiger partial charge in [-0.25, -0.2) is 0 Å². The molecule has 0 saturated heterocycles. The van der Waals surface area contributed by atoms with E-state index in [-0.39, 0.29) is 32.3 Å². The van der Waals surface area contributed by atoms with Crippen LogP contribution in [0.5, 0.6) is 11.5 Å². The third kappa shape index (κ3) is 5.85. The van der Waals surface area contributed by atoms with Crippen molar-refractivity contribution in [1.29, 1.82) is 0 Å². The van der Waals surface area contributed by atoms with Crippen molar-refractivity contribution < 1.29 is 19.7 Å². The lowest BCUT2D eigenvalue weighted by molar-refractivity contribution is 0.198. The molecule has 6 aromatic rings. The average molecular weight is 569 g/mol. The first kappa shape index (κ1) is 28.5. The fourth-order valence-electron chi connectivity index (χ4n) is 6.12. The first-order valence-electron chi connectivity index (χ1n) is 14.9. The third-order valence-electron chi connectivity index (χ3n) is 8.06. The van der Waals surface area contributed by atoms with E-state index in [2.05, 4.69) is 104 Å². The third-order valence-corrected chi connectivity index (χ3v) is 8.06. The van der Waals surface area contributed by atoms with Crippen LogP contribution in [0.25, 0.3) is 43.8 Å². The quantitative estimate of drug-likeness (QED) is 0.164. The summed E-state index contributed by atoms with van der Waals surface area (Å²) >= 11 is 0. The zero-order chi connectivity index (χ0) is 29.6. The van der Waals surface area contributed by atoms with Crippen LogP contribution in [0, 0.1) is 0 Å². The van der Waals surface area contributed by atoms with Gasteiger partial charge in [0.15, 0.2) is 0 Å². The Bertz CT molecular complexity index is 1700. The molecule has 0 unspecified atom stereocenters. The van der Waals surface area contributed by atoms with Gasteiger partial charge in [0.05, 0.1) is 13.2 Å². The van der Waals surface area contributed by atoms with Crippen LogP contribution >= 0.6 is 0 Å². The Balaban J connectivity index is 1.57. The first-order valence-corrected chi connectivity index (χ1v) is 14.9. The lowest BCUT2D eigenvalue weighted by atomic mass is 9.82. The molecule has 0 aliphatic rings. The van der Waals surface area contributed by atoms with Crippen LogP contribution in [-0.2, 0) is 0 Å². The van der Waals surface area contributed by atoms with Gasteiger partial charge in [0.25, 0.3) is 0 Å². The monoisotopic (exact) mass is 568 g/mol. The SMILES string of the molecule is CCC(c1c(OCCO)ccc2cc(-c3ccccc3)ccc12)c1c(OCCO)ccc2cc(-c3ccccc3)ccc12. The maximum Gasteiger partial charge on any atom is 0.123 e. The summed E-state index contributed by atoms with van der Waals surface area (Å²) in [5, 5.41) is 23.7. The van der Waals surface area contributed by atoms with Gasteiger partial charge in [0.2, 0.25) is 0 Å². The minimum atomic E-state index is -0.0695. The molecule has 0 aliphatic carbocycles. The smallest absolute Gasteiger partial charge is 0.123 e. The number of fused-ring (bicyclic) bond motifs is 2. The van der Waals surface area contributed by atoms with Gasteiger partial charge in [-0.2, -0.15) is 0 Å². The number of rotatable bonds is 11. The molecule has 4 heteroatoms. The van der Waals surface area contributed by atoms with Crippen molar-refractivity contribution in [2.75, 3.05) is 26.4 Å². The lowest BCUT2D eigenvalue weighted by Gasteiger charge is -2.26. The summed E-state index contributed by atoms with van der Waals surface area (Å²) in [4.78, 5) is 0. The number of ether oxygens (including phenoxy) is 2. The molecule has 0 atom stereocenters. The molecule has 6 rings (SSSR count). The second kappa shape index (κ2) is 13.1. The fraction of sp³-hybridized carbons (Fsp3) is 0.179. The molecule has 0 fully saturated rings. The normalized spacial score (nSPS) is 11.3. The van der Waals surface area contributed by atoms with Crippen molar-refractivity contribution in [1.82, 2.24) is 0 Å². The van der Waals surface area contributed by atoms with Gasteiger partial charge < -0.3 is 19.7 Å². The number of benzene rings is 6. The number of aliphatic hydroxyl groups excluding tert-OH is 2. The molecule has 0 aliphatic heterocycles. The van der Waals surface area contributed by atoms with E-state index in [9.17, 15) is 10.2 Å². The lowest BCUT2D eigenvalue weighted by Crippen LogP contribution is -2.11. The average Bonchev–Trinajstić information content (AvgIpc) is 3.07. The highest BCUT2D eigenvalue weighted by atomic mass is 16.5. The highest BCUT2D eigenvalue weighted by Gasteiger charge is 2.26. The topological polar surface area (TPSA) is 58.9 Å². The van der Waals surface area contributed by atoms with Crippen LogP contribution in [0.1, 0.15) is 30.4 Å². The van der Waals surface area contributed by atoms with E-state index < -0.39 is 0 Å². The van der Waals surface area contributed by atoms with Crippen LogP contribution in [0.2, 0.25) is 0 Å². The number of aliphatic hydroxyl groups is 2. The van der Waals surface area contributed by atoms with Gasteiger partial charge >= 0.3 is 0 Å². The van der Waals surface area contributed by atoms with E-state index in [1.54, 1.807) is 0 Å². The van der Waals surface area contributed by atoms with Crippen molar-refractivity contribution >= 4 is 21.5 Å². The predicted molar refractivity (Wildman–Crippen MR) is 176 cm³/mol. The van der Waals surface area contributed by atoms with E-state index in [4.69, 9.17) is 9.47 Å². The molecule has 216 valence electrons. The van der Waals surface area contributed by atoms with Gasteiger partial charge in [-0.1, -0.05) is 104 Å². The van der Waals surface area contributed by atoms with Crippen LogP contribution in [-0.4, -0.2) is 36.6 Å². The molecular weight excluding hydrogens is 532 g/mol. The Kier molecular flexibility index (Phi) is 8.69. The minimum absolute atomic E-state index is 0.0669. The molecule has 0 spiro atoms. The Labute approximate surface area is 252 Å². The molecule has 0 saturated carbocycles. The summed E-state index contributed by atoms with van der Waals surface area (Å²) in [5.41, 5.74) is 6.79. The molecule has 0 heterocycles. The molecule has 0 bridgehead atoms. The van der Waals surface area contributed by atoms with Crippen LogP contribution in [0.3, 0.4) is 0 Å². The minimum Gasteiger partial charge on any atom is -0.491 e. The second-order valence-electron chi connectivity index (χ2n) is 10.7. The van der Waals surface area contributed by atoms with Gasteiger partial charge in [-0.15, -0.1) is 0 Å². The summed E-state index contributed by atoms with van der Waals surface area (Å²) < 4.78 is 12.4. The molecule has 0 radical (unpaired) electrons. The van der Waals surface area contributed by atoms with E-state index in [0.29, 0.717) is 0 Å². The molecule has 6 aromatic carbocycles. The highest BCUT2D eigenvalue weighted by Crippen LogP contribution is 2.46. The van der Waals surface area contributed by atoms with E-state index in [1.165, 1.54) is 11.1 Å². The Morgan fingerprint density at radius 1 is 0.512 bits per heavy atom. The van der Waals surface area contributed by atoms with Crippen LogP contribution < -0.4 is 9.47 Å². The summed E-state index contributed by atoms with van der Waals surface area (Å²) in [6, 6.07) is 42.2. The van der Waals surface area contributed by atoms with Gasteiger partial charge in [0, 0.05) is 17.0 Å². The summed E-state index contributed by atoms with van der Waals surface area (Å²) in [6.07, 6.45) is 0.796. The summed E-state index contributed by atoms with van der Waals surface area (Å²) in [6.45, 7) is 2.47. The Hall–Kier alpha value is -4.64. The predicted octanol–water partition coefficient (Wildman–Crippen LogP) is 8.61. The van der Waals surface area contributed by atoms with Crippen LogP contribution in [0.4, 0.5) is 0 Å². The van der Waals surface area contributed by atoms with E-state index >= 15 is 0 Å². The van der Waals surface area contributed by atoms with Crippen molar-refractivity contribution in [3.05, 3.63) is 132 Å². The second-order valence-corrected chi connectivity index (χ2v) is 10.7. The summed E-state index contributed by atoms with van der Waals surface area (Å²) in [7, 11) is 0. The summed E-state index contributed by atoms with van der Waals surface area (Å²) in [5.74, 6) is 1.44. The highest BCUT2D eigenvalue weighted by molar-refractivity contribution is 5.96. The fourth-order valence-corrected chi connectivity index (χ4v) is 6.12. The Morgan fingerprint density at radius 3 is 1.35 bits per heavy atom. The molecule has 0 amide bonds. The maximum absolute atomic E-state index is 9.64. The molecule has 43 heavy (non-hydrogen) atoms. The van der Waals surface area contributed by atoms with E-state index in [0.717, 1.165) is 61.7 Å². The van der Waals surface area contributed by atoms with Crippen molar-refractivity contribution in [3.63, 3.8) is 0 Å². The van der Waals surface area contributed by atoms with Crippen molar-refractivity contribution in [2.45, 2.75) is 19.3 Å². The van der Waals surface area contributed by atoms with Gasteiger partial charge in [-0.05, 0) is 74.5 Å². The van der Waals surface area contributed by atoms with Gasteiger partial charge in [0.1, 0.15) is 24.7 Å². The number of hydrogen-bond acceptors (Lipinski definition) is 4. The Morgan fingerprint density at radius 2 is 0.953 bits per heavy atom. The standard InChI is InChI=1S/C39H36O4/c1-2-33(38-34-17-13-29(27-9-5-3-6-10-27)25-31(34)15-19-36(38)42-23-21-40)39-35-18-14-30(28-11-7-4-8-12-28)26-32(35)16-20-37(39)43-24-22-41/h3-20,25-26,33,40-41H,2,21-24H2,1H3. The molecule has 4 nitrogen and oxygen atoms in total. The van der Waals surface area contributed by atoms with Crippen LogP contribution in [0.15, 0.2) is 121 Å². The zero-order valence-electron chi connectivity index (χ0n) is 24.4. The molecular formula is C39H36O4.